The number of hydrogen-bond acceptors (Lipinski definition) is 2. The zero-order valence-electron chi connectivity index (χ0n) is 11.7. The Morgan fingerprint density at radius 2 is 2.06 bits per heavy atom. The van der Waals surface area contributed by atoms with Crippen LogP contribution in [0.2, 0.25) is 0 Å². The van der Waals surface area contributed by atoms with Gasteiger partial charge in [-0.2, -0.15) is 0 Å². The number of likely N-dealkylation sites (tertiary alicyclic amines) is 1. The summed E-state index contributed by atoms with van der Waals surface area (Å²) >= 11 is 0. The summed E-state index contributed by atoms with van der Waals surface area (Å²) in [4.78, 5) is 2.65. The number of rotatable bonds is 6. The van der Waals surface area contributed by atoms with Crippen LogP contribution in [0.4, 0.5) is 0 Å². The summed E-state index contributed by atoms with van der Waals surface area (Å²) in [6, 6.07) is 0.689. The van der Waals surface area contributed by atoms with Crippen LogP contribution in [-0.2, 0) is 0 Å². The monoisotopic (exact) mass is 226 g/mol. The fourth-order valence-electron chi connectivity index (χ4n) is 2.70. The molecule has 0 spiro atoms. The Kier molecular flexibility index (Phi) is 5.77. The summed E-state index contributed by atoms with van der Waals surface area (Å²) < 4.78 is 0. The quantitative estimate of drug-likeness (QED) is 0.749. The average Bonchev–Trinajstić information content (AvgIpc) is 2.22. The SMILES string of the molecule is CCCNC(CC)CN1CCCC(C)(C)C1. The molecule has 0 aromatic rings. The Morgan fingerprint density at radius 3 is 2.62 bits per heavy atom. The first-order valence-corrected chi connectivity index (χ1v) is 7.03. The van der Waals surface area contributed by atoms with Crippen molar-refractivity contribution in [1.29, 1.82) is 0 Å². The lowest BCUT2D eigenvalue weighted by atomic mass is 9.84. The van der Waals surface area contributed by atoms with Gasteiger partial charge >= 0.3 is 0 Å². The summed E-state index contributed by atoms with van der Waals surface area (Å²) in [5.41, 5.74) is 0.529. The third kappa shape index (κ3) is 4.84. The van der Waals surface area contributed by atoms with Crippen LogP contribution in [0.3, 0.4) is 0 Å². The van der Waals surface area contributed by atoms with Gasteiger partial charge in [-0.3, -0.25) is 0 Å². The number of piperidine rings is 1. The first-order valence-electron chi connectivity index (χ1n) is 7.03. The van der Waals surface area contributed by atoms with E-state index in [9.17, 15) is 0 Å². The molecule has 1 aliphatic heterocycles. The molecule has 2 nitrogen and oxygen atoms in total. The second-order valence-electron chi connectivity index (χ2n) is 6.06. The zero-order chi connectivity index (χ0) is 12.0. The van der Waals surface area contributed by atoms with E-state index >= 15 is 0 Å². The van der Waals surface area contributed by atoms with Crippen LogP contribution in [0, 0.1) is 5.41 Å². The van der Waals surface area contributed by atoms with Crippen molar-refractivity contribution in [3.05, 3.63) is 0 Å². The van der Waals surface area contributed by atoms with Gasteiger partial charge < -0.3 is 10.2 Å². The van der Waals surface area contributed by atoms with E-state index in [0.29, 0.717) is 11.5 Å². The number of nitrogens with one attached hydrogen (secondary N) is 1. The molecule has 0 aliphatic carbocycles. The minimum Gasteiger partial charge on any atom is -0.313 e. The van der Waals surface area contributed by atoms with Gasteiger partial charge in [0.2, 0.25) is 0 Å². The number of hydrogen-bond donors (Lipinski definition) is 1. The predicted molar refractivity (Wildman–Crippen MR) is 71.8 cm³/mol. The molecular weight excluding hydrogens is 196 g/mol. The fourth-order valence-corrected chi connectivity index (χ4v) is 2.70. The maximum atomic E-state index is 3.65. The summed E-state index contributed by atoms with van der Waals surface area (Å²) in [6.45, 7) is 14.3. The van der Waals surface area contributed by atoms with Gasteiger partial charge in [-0.1, -0.05) is 27.7 Å². The highest BCUT2D eigenvalue weighted by Gasteiger charge is 2.27. The van der Waals surface area contributed by atoms with Crippen molar-refractivity contribution in [1.82, 2.24) is 10.2 Å². The molecule has 96 valence electrons. The van der Waals surface area contributed by atoms with Crippen molar-refractivity contribution in [3.8, 4) is 0 Å². The molecular formula is C14H30N2. The second kappa shape index (κ2) is 6.61. The van der Waals surface area contributed by atoms with E-state index in [0.717, 1.165) is 6.54 Å². The van der Waals surface area contributed by atoms with Crippen LogP contribution in [0.5, 0.6) is 0 Å². The normalized spacial score (nSPS) is 23.2. The molecule has 1 N–H and O–H groups in total. The zero-order valence-corrected chi connectivity index (χ0v) is 11.7. The Labute approximate surface area is 102 Å². The van der Waals surface area contributed by atoms with Crippen LogP contribution in [0.1, 0.15) is 53.4 Å². The first-order chi connectivity index (χ1) is 7.57. The maximum absolute atomic E-state index is 3.65. The van der Waals surface area contributed by atoms with Gasteiger partial charge in [0.25, 0.3) is 0 Å². The highest BCUT2D eigenvalue weighted by molar-refractivity contribution is 4.82. The standard InChI is InChI=1S/C14H30N2/c1-5-9-15-13(6-2)11-16-10-7-8-14(3,4)12-16/h13,15H,5-12H2,1-4H3. The van der Waals surface area contributed by atoms with E-state index < -0.39 is 0 Å². The smallest absolute Gasteiger partial charge is 0.0192 e. The molecule has 1 fully saturated rings. The second-order valence-corrected chi connectivity index (χ2v) is 6.06. The molecule has 1 saturated heterocycles. The van der Waals surface area contributed by atoms with Gasteiger partial charge in [-0.15, -0.1) is 0 Å². The summed E-state index contributed by atoms with van der Waals surface area (Å²) in [5, 5.41) is 3.65. The molecule has 1 atom stereocenters. The molecule has 0 bridgehead atoms. The Bertz CT molecular complexity index is 189. The van der Waals surface area contributed by atoms with Crippen molar-refractivity contribution in [2.24, 2.45) is 5.41 Å². The highest BCUT2D eigenvalue weighted by atomic mass is 15.2. The van der Waals surface area contributed by atoms with Crippen molar-refractivity contribution in [3.63, 3.8) is 0 Å². The molecule has 0 saturated carbocycles. The fraction of sp³-hybridized carbons (Fsp3) is 1.00. The molecule has 16 heavy (non-hydrogen) atoms. The lowest BCUT2D eigenvalue weighted by Crippen LogP contribution is -2.47. The molecule has 0 aromatic heterocycles. The Balaban J connectivity index is 2.33. The van der Waals surface area contributed by atoms with Crippen molar-refractivity contribution < 1.29 is 0 Å². The molecule has 1 aliphatic rings. The van der Waals surface area contributed by atoms with Crippen LogP contribution < -0.4 is 5.32 Å². The topological polar surface area (TPSA) is 15.3 Å². The van der Waals surface area contributed by atoms with Crippen LogP contribution >= 0.6 is 0 Å². The van der Waals surface area contributed by atoms with Gasteiger partial charge in [-0.25, -0.2) is 0 Å². The van der Waals surface area contributed by atoms with Gasteiger partial charge in [0.05, 0.1) is 0 Å². The molecule has 0 aromatic carbocycles. The number of nitrogens with zero attached hydrogens (tertiary/aromatic N) is 1. The van der Waals surface area contributed by atoms with Gasteiger partial charge in [0.1, 0.15) is 0 Å². The lowest BCUT2D eigenvalue weighted by Gasteiger charge is -2.39. The van der Waals surface area contributed by atoms with Crippen molar-refractivity contribution in [2.45, 2.75) is 59.4 Å². The largest absolute Gasteiger partial charge is 0.313 e. The van der Waals surface area contributed by atoms with Gasteiger partial charge in [-0.05, 0) is 44.2 Å². The summed E-state index contributed by atoms with van der Waals surface area (Å²) in [5.74, 6) is 0. The third-order valence-electron chi connectivity index (χ3n) is 3.63. The first kappa shape index (κ1) is 14.0. The van der Waals surface area contributed by atoms with Gasteiger partial charge in [0, 0.05) is 19.1 Å². The van der Waals surface area contributed by atoms with Gasteiger partial charge in [0.15, 0.2) is 0 Å². The lowest BCUT2D eigenvalue weighted by molar-refractivity contribution is 0.107. The van der Waals surface area contributed by atoms with E-state index in [2.05, 4.69) is 37.9 Å². The average molecular weight is 226 g/mol. The summed E-state index contributed by atoms with van der Waals surface area (Å²) in [7, 11) is 0. The van der Waals surface area contributed by atoms with E-state index in [4.69, 9.17) is 0 Å². The molecule has 0 amide bonds. The van der Waals surface area contributed by atoms with Crippen molar-refractivity contribution >= 4 is 0 Å². The Morgan fingerprint density at radius 1 is 1.31 bits per heavy atom. The van der Waals surface area contributed by atoms with E-state index in [1.54, 1.807) is 0 Å². The van der Waals surface area contributed by atoms with E-state index in [1.165, 1.54) is 45.3 Å². The molecule has 2 heteroatoms. The molecule has 1 rings (SSSR count). The highest BCUT2D eigenvalue weighted by Crippen LogP contribution is 2.28. The molecule has 0 radical (unpaired) electrons. The minimum atomic E-state index is 0.529. The molecule has 1 heterocycles. The minimum absolute atomic E-state index is 0.529. The predicted octanol–water partition coefficient (Wildman–Crippen LogP) is 2.89. The third-order valence-corrected chi connectivity index (χ3v) is 3.63. The van der Waals surface area contributed by atoms with E-state index in [1.807, 2.05) is 0 Å². The van der Waals surface area contributed by atoms with Crippen LogP contribution in [0.25, 0.3) is 0 Å². The van der Waals surface area contributed by atoms with Crippen LogP contribution in [0.15, 0.2) is 0 Å². The van der Waals surface area contributed by atoms with Crippen molar-refractivity contribution in [2.75, 3.05) is 26.2 Å². The van der Waals surface area contributed by atoms with Crippen LogP contribution in [-0.4, -0.2) is 37.1 Å². The maximum Gasteiger partial charge on any atom is 0.0192 e. The summed E-state index contributed by atoms with van der Waals surface area (Å²) in [6.07, 6.45) is 5.25. The van der Waals surface area contributed by atoms with E-state index in [-0.39, 0.29) is 0 Å². The molecule has 1 unspecified atom stereocenters. The Hall–Kier alpha value is -0.0800.